The third kappa shape index (κ3) is 4.15. The zero-order valence-corrected chi connectivity index (χ0v) is 14.2. The third-order valence-electron chi connectivity index (χ3n) is 2.42. The second kappa shape index (κ2) is 6.84. The predicted molar refractivity (Wildman–Crippen MR) is 79.6 cm³/mol. The first-order chi connectivity index (χ1) is 9.18. The Morgan fingerprint density at radius 1 is 1.50 bits per heavy atom. The van der Waals surface area contributed by atoms with Gasteiger partial charge in [-0.25, -0.2) is 13.4 Å². The van der Waals surface area contributed by atoms with Crippen molar-refractivity contribution in [2.75, 3.05) is 13.1 Å². The van der Waals surface area contributed by atoms with Crippen LogP contribution in [0, 0.1) is 6.92 Å². The van der Waals surface area contributed by atoms with E-state index in [2.05, 4.69) is 10.3 Å². The van der Waals surface area contributed by atoms with Crippen LogP contribution in [0.1, 0.15) is 26.5 Å². The predicted octanol–water partition coefficient (Wildman–Crippen LogP) is 1.64. The van der Waals surface area contributed by atoms with Crippen LogP contribution in [0.2, 0.25) is 4.47 Å². The van der Waals surface area contributed by atoms with Crippen molar-refractivity contribution in [3.05, 3.63) is 10.2 Å². The van der Waals surface area contributed by atoms with Crippen molar-refractivity contribution < 1.29 is 13.2 Å². The Bertz CT molecular complexity index is 584. The molecule has 1 aromatic rings. The Labute approximate surface area is 128 Å². The van der Waals surface area contributed by atoms with Crippen molar-refractivity contribution in [1.29, 1.82) is 0 Å². The zero-order chi connectivity index (χ0) is 15.5. The van der Waals surface area contributed by atoms with Gasteiger partial charge in [0.2, 0.25) is 5.91 Å². The quantitative estimate of drug-likeness (QED) is 0.854. The number of hydrogen-bond donors (Lipinski definition) is 1. The summed E-state index contributed by atoms with van der Waals surface area (Å²) in [6.07, 6.45) is 0. The lowest BCUT2D eigenvalue weighted by molar-refractivity contribution is -0.121. The van der Waals surface area contributed by atoms with Crippen LogP contribution >= 0.6 is 22.9 Å². The number of sulfonamides is 1. The molecule has 0 bridgehead atoms. The molecule has 0 aromatic carbocycles. The van der Waals surface area contributed by atoms with Gasteiger partial charge in [0.15, 0.2) is 8.68 Å². The van der Waals surface area contributed by atoms with E-state index in [1.54, 1.807) is 13.8 Å². The normalized spacial score (nSPS) is 12.2. The molecule has 1 N–H and O–H groups in total. The lowest BCUT2D eigenvalue weighted by Gasteiger charge is -2.20. The van der Waals surface area contributed by atoms with E-state index in [1.165, 1.54) is 0 Å². The second-order valence-corrected chi connectivity index (χ2v) is 8.21. The summed E-state index contributed by atoms with van der Waals surface area (Å²) < 4.78 is 26.3. The highest BCUT2D eigenvalue weighted by atomic mass is 35.5. The van der Waals surface area contributed by atoms with Crippen LogP contribution in [0.3, 0.4) is 0 Å². The molecule has 6 nitrogen and oxygen atoms in total. The molecule has 0 radical (unpaired) electrons. The van der Waals surface area contributed by atoms with Gasteiger partial charge in [0.1, 0.15) is 0 Å². The van der Waals surface area contributed by atoms with Gasteiger partial charge < -0.3 is 5.32 Å². The van der Waals surface area contributed by atoms with Gasteiger partial charge in [0.25, 0.3) is 10.0 Å². The molecule has 0 atom stereocenters. The summed E-state index contributed by atoms with van der Waals surface area (Å²) in [7, 11) is -3.75. The number of hydrogen-bond acceptors (Lipinski definition) is 5. The first kappa shape index (κ1) is 17.4. The SMILES string of the molecule is CCN(CC(=O)NC(C)C)S(=O)(=O)c1sc(Cl)nc1C. The van der Waals surface area contributed by atoms with E-state index < -0.39 is 10.0 Å². The third-order valence-corrected chi connectivity index (χ3v) is 6.19. The molecule has 114 valence electrons. The molecule has 0 aliphatic carbocycles. The van der Waals surface area contributed by atoms with Crippen LogP contribution in [0.25, 0.3) is 0 Å². The summed E-state index contributed by atoms with van der Waals surface area (Å²) in [5, 5.41) is 2.67. The molecule has 0 unspecified atom stereocenters. The van der Waals surface area contributed by atoms with Gasteiger partial charge >= 0.3 is 0 Å². The Hall–Kier alpha value is -0.700. The molecule has 0 spiro atoms. The summed E-state index contributed by atoms with van der Waals surface area (Å²) in [6, 6.07) is -0.0384. The minimum Gasteiger partial charge on any atom is -0.353 e. The molecule has 1 heterocycles. The Morgan fingerprint density at radius 2 is 2.10 bits per heavy atom. The molecule has 1 amide bonds. The highest BCUT2D eigenvalue weighted by molar-refractivity contribution is 7.91. The minimum absolute atomic E-state index is 0.0384. The first-order valence-electron chi connectivity index (χ1n) is 6.11. The van der Waals surface area contributed by atoms with Gasteiger partial charge in [-0.2, -0.15) is 4.31 Å². The average Bonchev–Trinajstić information content (AvgIpc) is 2.64. The first-order valence-corrected chi connectivity index (χ1v) is 8.74. The molecule has 0 fully saturated rings. The molecule has 0 saturated carbocycles. The van der Waals surface area contributed by atoms with Gasteiger partial charge in [-0.3, -0.25) is 4.79 Å². The smallest absolute Gasteiger partial charge is 0.254 e. The number of halogens is 1. The average molecular weight is 340 g/mol. The van der Waals surface area contributed by atoms with Crippen LogP contribution in [0.5, 0.6) is 0 Å². The fraction of sp³-hybridized carbons (Fsp3) is 0.636. The summed E-state index contributed by atoms with van der Waals surface area (Å²) in [5.41, 5.74) is 0.350. The molecule has 20 heavy (non-hydrogen) atoms. The fourth-order valence-corrected chi connectivity index (χ4v) is 4.88. The van der Waals surface area contributed by atoms with Crippen molar-refractivity contribution >= 4 is 38.9 Å². The Balaban J connectivity index is 2.99. The second-order valence-electron chi connectivity index (χ2n) is 4.49. The number of amides is 1. The topological polar surface area (TPSA) is 79.4 Å². The van der Waals surface area contributed by atoms with Crippen molar-refractivity contribution in [2.24, 2.45) is 0 Å². The maximum Gasteiger partial charge on any atom is 0.254 e. The van der Waals surface area contributed by atoms with Gasteiger partial charge in [-0.15, -0.1) is 0 Å². The molecule has 0 aliphatic rings. The fourth-order valence-electron chi connectivity index (χ4n) is 1.60. The van der Waals surface area contributed by atoms with Gasteiger partial charge in [-0.1, -0.05) is 29.9 Å². The molecular weight excluding hydrogens is 322 g/mol. The Kier molecular flexibility index (Phi) is 5.93. The maximum absolute atomic E-state index is 12.5. The van der Waals surface area contributed by atoms with Crippen LogP contribution in [0.4, 0.5) is 0 Å². The number of rotatable bonds is 6. The number of aromatic nitrogens is 1. The van der Waals surface area contributed by atoms with Crippen LogP contribution in [-0.4, -0.2) is 42.7 Å². The highest BCUT2D eigenvalue weighted by Crippen LogP contribution is 2.29. The number of likely N-dealkylation sites (N-methyl/N-ethyl adjacent to an activating group) is 1. The van der Waals surface area contributed by atoms with Crippen LogP contribution in [-0.2, 0) is 14.8 Å². The molecular formula is C11H18ClN3O3S2. The number of nitrogens with zero attached hydrogens (tertiary/aromatic N) is 2. The van der Waals surface area contributed by atoms with Crippen molar-refractivity contribution in [1.82, 2.24) is 14.6 Å². The molecule has 1 rings (SSSR count). The zero-order valence-electron chi connectivity index (χ0n) is 11.8. The van der Waals surface area contributed by atoms with E-state index in [0.717, 1.165) is 15.6 Å². The standard InChI is InChI=1S/C11H18ClN3O3S2/c1-5-15(6-9(16)13-7(2)3)20(17,18)10-8(4)14-11(12)19-10/h7H,5-6H2,1-4H3,(H,13,16). The highest BCUT2D eigenvalue weighted by Gasteiger charge is 2.29. The van der Waals surface area contributed by atoms with Crippen molar-refractivity contribution in [3.8, 4) is 0 Å². The molecule has 0 aliphatic heterocycles. The van der Waals surface area contributed by atoms with Crippen molar-refractivity contribution in [3.63, 3.8) is 0 Å². The van der Waals surface area contributed by atoms with Crippen LogP contribution in [0.15, 0.2) is 4.21 Å². The van der Waals surface area contributed by atoms with Gasteiger partial charge in [0.05, 0.1) is 12.2 Å². The molecule has 1 aromatic heterocycles. The maximum atomic E-state index is 12.5. The number of aryl methyl sites for hydroxylation is 1. The molecule has 9 heteroatoms. The number of carbonyl (C=O) groups excluding carboxylic acids is 1. The van der Waals surface area contributed by atoms with E-state index in [-0.39, 0.29) is 33.7 Å². The van der Waals surface area contributed by atoms with E-state index in [4.69, 9.17) is 11.6 Å². The molecule has 0 saturated heterocycles. The Morgan fingerprint density at radius 3 is 2.50 bits per heavy atom. The minimum atomic E-state index is -3.75. The largest absolute Gasteiger partial charge is 0.353 e. The lowest BCUT2D eigenvalue weighted by Crippen LogP contribution is -2.42. The summed E-state index contributed by atoms with van der Waals surface area (Å²) in [4.78, 5) is 15.6. The monoisotopic (exact) mass is 339 g/mol. The van der Waals surface area contributed by atoms with Gasteiger partial charge in [-0.05, 0) is 20.8 Å². The summed E-state index contributed by atoms with van der Waals surface area (Å²) >= 11 is 6.64. The number of thiazole rings is 1. The van der Waals surface area contributed by atoms with Gasteiger partial charge in [0, 0.05) is 12.6 Å². The van der Waals surface area contributed by atoms with E-state index in [9.17, 15) is 13.2 Å². The van der Waals surface area contributed by atoms with E-state index in [0.29, 0.717) is 5.69 Å². The summed E-state index contributed by atoms with van der Waals surface area (Å²) in [6.45, 7) is 6.87. The van der Waals surface area contributed by atoms with E-state index >= 15 is 0 Å². The lowest BCUT2D eigenvalue weighted by atomic mass is 10.4. The van der Waals surface area contributed by atoms with E-state index in [1.807, 2.05) is 13.8 Å². The van der Waals surface area contributed by atoms with Crippen molar-refractivity contribution in [2.45, 2.75) is 37.9 Å². The number of nitrogens with one attached hydrogen (secondary N) is 1. The summed E-state index contributed by atoms with van der Waals surface area (Å²) in [5.74, 6) is -0.335. The number of carbonyl (C=O) groups is 1. The van der Waals surface area contributed by atoms with Crippen LogP contribution < -0.4 is 5.32 Å².